The number of halogens is 1. The van der Waals surface area contributed by atoms with Crippen molar-refractivity contribution < 1.29 is 9.53 Å². The summed E-state index contributed by atoms with van der Waals surface area (Å²) in [6, 6.07) is 0. The van der Waals surface area contributed by atoms with E-state index in [1.165, 1.54) is 7.11 Å². The molecule has 1 saturated carbocycles. The average Bonchev–Trinajstić information content (AvgIpc) is 3.18. The molecule has 1 aromatic heterocycles. The molecule has 2 rings (SSSR count). The highest BCUT2D eigenvalue weighted by atomic mass is 127. The molecule has 0 saturated heterocycles. The number of methoxy groups -OCH3 is 1. The Morgan fingerprint density at radius 2 is 2.42 bits per heavy atom. The first-order valence-corrected chi connectivity index (χ1v) is 7.71. The summed E-state index contributed by atoms with van der Waals surface area (Å²) < 4.78 is 7.95. The topological polar surface area (TPSA) is 56.2 Å². The van der Waals surface area contributed by atoms with E-state index in [4.69, 9.17) is 4.74 Å². The molecule has 1 heterocycles. The fourth-order valence-corrected chi connectivity index (χ4v) is 2.87. The standard InChI is InChI=1S/C13H20IN3O2/c1-3-6-15-13(10-4-5-10,12(18)19-2)9-17-8-11(14)7-16-17/h7-8,10,15H,3-6,9H2,1-2H3. The number of nitrogens with one attached hydrogen (secondary N) is 1. The second-order valence-electron chi connectivity index (χ2n) is 5.02. The van der Waals surface area contributed by atoms with Gasteiger partial charge in [-0.1, -0.05) is 6.92 Å². The van der Waals surface area contributed by atoms with Crippen LogP contribution in [0.5, 0.6) is 0 Å². The summed E-state index contributed by atoms with van der Waals surface area (Å²) in [5.74, 6) is 0.183. The third-order valence-corrected chi connectivity index (χ3v) is 4.08. The predicted molar refractivity (Wildman–Crippen MR) is 80.7 cm³/mol. The SMILES string of the molecule is CCCNC(Cn1cc(I)cn1)(C(=O)OC)C1CC1. The Morgan fingerprint density at radius 1 is 1.68 bits per heavy atom. The molecule has 0 spiro atoms. The zero-order valence-electron chi connectivity index (χ0n) is 11.4. The van der Waals surface area contributed by atoms with Crippen molar-refractivity contribution in [3.05, 3.63) is 16.0 Å². The smallest absolute Gasteiger partial charge is 0.328 e. The molecular formula is C13H20IN3O2. The van der Waals surface area contributed by atoms with E-state index in [9.17, 15) is 4.79 Å². The highest BCUT2D eigenvalue weighted by molar-refractivity contribution is 14.1. The van der Waals surface area contributed by atoms with Gasteiger partial charge in [-0.2, -0.15) is 5.10 Å². The lowest BCUT2D eigenvalue weighted by Crippen LogP contribution is -2.57. The molecule has 5 nitrogen and oxygen atoms in total. The van der Waals surface area contributed by atoms with Crippen LogP contribution < -0.4 is 5.32 Å². The summed E-state index contributed by atoms with van der Waals surface area (Å²) in [4.78, 5) is 12.3. The third-order valence-electron chi connectivity index (χ3n) is 3.53. The number of carbonyl (C=O) groups is 1. The molecule has 0 aliphatic heterocycles. The van der Waals surface area contributed by atoms with Gasteiger partial charge >= 0.3 is 5.97 Å². The van der Waals surface area contributed by atoms with Gasteiger partial charge in [0, 0.05) is 6.20 Å². The van der Waals surface area contributed by atoms with E-state index < -0.39 is 5.54 Å². The minimum Gasteiger partial charge on any atom is -0.468 e. The lowest BCUT2D eigenvalue weighted by Gasteiger charge is -2.32. The van der Waals surface area contributed by atoms with E-state index >= 15 is 0 Å². The Morgan fingerprint density at radius 3 is 2.89 bits per heavy atom. The number of esters is 1. The number of hydrogen-bond donors (Lipinski definition) is 1. The van der Waals surface area contributed by atoms with Crippen molar-refractivity contribution in [1.29, 1.82) is 0 Å². The van der Waals surface area contributed by atoms with E-state index in [-0.39, 0.29) is 5.97 Å². The molecule has 19 heavy (non-hydrogen) atoms. The number of carbonyl (C=O) groups excluding carboxylic acids is 1. The van der Waals surface area contributed by atoms with Crippen LogP contribution >= 0.6 is 22.6 Å². The zero-order chi connectivity index (χ0) is 13.9. The molecule has 0 radical (unpaired) electrons. The van der Waals surface area contributed by atoms with Gasteiger partial charge in [0.25, 0.3) is 0 Å². The maximum absolute atomic E-state index is 12.3. The molecule has 0 aromatic carbocycles. The van der Waals surface area contributed by atoms with Gasteiger partial charge < -0.3 is 10.1 Å². The Balaban J connectivity index is 2.22. The molecule has 1 aliphatic carbocycles. The number of aromatic nitrogens is 2. The lowest BCUT2D eigenvalue weighted by atomic mass is 9.92. The number of hydrogen-bond acceptors (Lipinski definition) is 4. The number of ether oxygens (including phenoxy) is 1. The molecule has 6 heteroatoms. The summed E-state index contributed by atoms with van der Waals surface area (Å²) in [5, 5.41) is 7.71. The molecule has 1 atom stereocenters. The molecule has 106 valence electrons. The largest absolute Gasteiger partial charge is 0.468 e. The molecular weight excluding hydrogens is 357 g/mol. The molecule has 1 aliphatic rings. The van der Waals surface area contributed by atoms with Crippen molar-refractivity contribution in [2.45, 2.75) is 38.3 Å². The van der Waals surface area contributed by atoms with Gasteiger partial charge in [-0.3, -0.25) is 4.68 Å². The van der Waals surface area contributed by atoms with Crippen LogP contribution in [0.4, 0.5) is 0 Å². The maximum atomic E-state index is 12.3. The quantitative estimate of drug-likeness (QED) is 0.582. The summed E-state index contributed by atoms with van der Waals surface area (Å²) >= 11 is 2.22. The highest BCUT2D eigenvalue weighted by Crippen LogP contribution is 2.41. The first kappa shape index (κ1) is 14.8. The van der Waals surface area contributed by atoms with Crippen molar-refractivity contribution in [1.82, 2.24) is 15.1 Å². The highest BCUT2D eigenvalue weighted by Gasteiger charge is 2.52. The second kappa shape index (κ2) is 6.21. The number of rotatable bonds is 7. The van der Waals surface area contributed by atoms with Crippen molar-refractivity contribution in [2.75, 3.05) is 13.7 Å². The van der Waals surface area contributed by atoms with E-state index in [1.54, 1.807) is 6.20 Å². The first-order chi connectivity index (χ1) is 9.12. The fraction of sp³-hybridized carbons (Fsp3) is 0.692. The molecule has 1 fully saturated rings. The summed E-state index contributed by atoms with van der Waals surface area (Å²) in [5.41, 5.74) is -0.625. The van der Waals surface area contributed by atoms with Gasteiger partial charge in [0.15, 0.2) is 0 Å². The Kier molecular flexibility index (Phi) is 4.83. The van der Waals surface area contributed by atoms with Gasteiger partial charge in [-0.05, 0) is 54.3 Å². The normalized spacial score (nSPS) is 18.1. The van der Waals surface area contributed by atoms with Gasteiger partial charge in [-0.25, -0.2) is 4.79 Å². The molecule has 1 unspecified atom stereocenters. The maximum Gasteiger partial charge on any atom is 0.328 e. The summed E-state index contributed by atoms with van der Waals surface area (Å²) in [7, 11) is 1.46. The van der Waals surface area contributed by atoms with Gasteiger partial charge in [0.2, 0.25) is 0 Å². The van der Waals surface area contributed by atoms with Crippen LogP contribution in [0.2, 0.25) is 0 Å². The molecule has 0 bridgehead atoms. The summed E-state index contributed by atoms with van der Waals surface area (Å²) in [6.45, 7) is 3.44. The average molecular weight is 377 g/mol. The second-order valence-corrected chi connectivity index (χ2v) is 6.27. The van der Waals surface area contributed by atoms with Crippen molar-refractivity contribution >= 4 is 28.6 Å². The van der Waals surface area contributed by atoms with Crippen LogP contribution in [0.3, 0.4) is 0 Å². The van der Waals surface area contributed by atoms with E-state index in [1.807, 2.05) is 10.9 Å². The summed E-state index contributed by atoms with van der Waals surface area (Å²) in [6.07, 6.45) is 6.89. The van der Waals surface area contributed by atoms with Crippen LogP contribution in [0.15, 0.2) is 12.4 Å². The lowest BCUT2D eigenvalue weighted by molar-refractivity contribution is -0.150. The first-order valence-electron chi connectivity index (χ1n) is 6.63. The molecule has 1 N–H and O–H groups in total. The molecule has 0 amide bonds. The predicted octanol–water partition coefficient (Wildman–Crippen LogP) is 1.81. The number of nitrogens with zero attached hydrogens (tertiary/aromatic N) is 2. The van der Waals surface area contributed by atoms with Crippen LogP contribution in [0.1, 0.15) is 26.2 Å². The van der Waals surface area contributed by atoms with Crippen LogP contribution in [0.25, 0.3) is 0 Å². The monoisotopic (exact) mass is 377 g/mol. The Bertz CT molecular complexity index is 445. The minimum atomic E-state index is -0.625. The van der Waals surface area contributed by atoms with Crippen molar-refractivity contribution in [3.63, 3.8) is 0 Å². The molecule has 1 aromatic rings. The van der Waals surface area contributed by atoms with Gasteiger partial charge in [0.1, 0.15) is 5.54 Å². The van der Waals surface area contributed by atoms with E-state index in [0.717, 1.165) is 29.4 Å². The minimum absolute atomic E-state index is 0.172. The van der Waals surface area contributed by atoms with Crippen LogP contribution in [0, 0.1) is 9.49 Å². The fourth-order valence-electron chi connectivity index (χ4n) is 2.42. The third kappa shape index (κ3) is 3.28. The van der Waals surface area contributed by atoms with E-state index in [0.29, 0.717) is 12.5 Å². The Hall–Kier alpha value is -0.630. The van der Waals surface area contributed by atoms with E-state index in [2.05, 4.69) is 39.9 Å². The van der Waals surface area contributed by atoms with Gasteiger partial charge in [0.05, 0.1) is 23.4 Å². The van der Waals surface area contributed by atoms with Gasteiger partial charge in [-0.15, -0.1) is 0 Å². The Labute approximate surface area is 127 Å². The van der Waals surface area contributed by atoms with Crippen LogP contribution in [-0.4, -0.2) is 34.9 Å². The van der Waals surface area contributed by atoms with Crippen LogP contribution in [-0.2, 0) is 16.1 Å². The van der Waals surface area contributed by atoms with Crippen molar-refractivity contribution in [3.8, 4) is 0 Å². The zero-order valence-corrected chi connectivity index (χ0v) is 13.5. The van der Waals surface area contributed by atoms with Crippen molar-refractivity contribution in [2.24, 2.45) is 5.92 Å².